The maximum atomic E-state index is 5.31. The third-order valence-electron chi connectivity index (χ3n) is 8.73. The van der Waals surface area contributed by atoms with E-state index < -0.39 is 0 Å². The van der Waals surface area contributed by atoms with Crippen LogP contribution in [0, 0.1) is 0 Å². The van der Waals surface area contributed by atoms with E-state index >= 15 is 0 Å². The Balaban J connectivity index is 1.31. The maximum Gasteiger partial charge on any atom is 0.221 e. The summed E-state index contributed by atoms with van der Waals surface area (Å²) in [5.41, 5.74) is 9.66. The van der Waals surface area contributed by atoms with Crippen LogP contribution < -0.4 is 0 Å². The average Bonchev–Trinajstić information content (AvgIpc) is 3.64. The molecule has 0 spiro atoms. The number of hydrogen-bond donors (Lipinski definition) is 0. The normalized spacial score (nSPS) is 12.1. The van der Waals surface area contributed by atoms with Crippen molar-refractivity contribution in [2.45, 2.75) is 0 Å². The number of fused-ring (bicyclic) bond motifs is 11. The van der Waals surface area contributed by atoms with Crippen molar-refractivity contribution in [3.05, 3.63) is 134 Å². The summed E-state index contributed by atoms with van der Waals surface area (Å²) in [6.45, 7) is 0. The molecule has 5 heterocycles. The van der Waals surface area contributed by atoms with E-state index in [9.17, 15) is 0 Å². The van der Waals surface area contributed by atoms with Crippen molar-refractivity contribution in [1.29, 1.82) is 0 Å². The third-order valence-corrected chi connectivity index (χ3v) is 8.73. The molecule has 6 nitrogen and oxygen atoms in total. The van der Waals surface area contributed by atoms with E-state index in [2.05, 4.69) is 117 Å². The Bertz CT molecular complexity index is 2790. The lowest BCUT2D eigenvalue weighted by Crippen LogP contribution is -2.06. The summed E-state index contributed by atoms with van der Waals surface area (Å²) < 4.78 is 4.47. The minimum absolute atomic E-state index is 0.803. The molecule has 0 unspecified atom stereocenters. The van der Waals surface area contributed by atoms with Gasteiger partial charge in [0.2, 0.25) is 5.95 Å². The highest BCUT2D eigenvalue weighted by Gasteiger charge is 2.20. The molecule has 10 rings (SSSR count). The second-order valence-electron chi connectivity index (χ2n) is 11.2. The molecule has 0 aliphatic rings. The van der Waals surface area contributed by atoms with Gasteiger partial charge in [0, 0.05) is 38.7 Å². The number of nitrogens with zero attached hydrogens (tertiary/aromatic N) is 6. The lowest BCUT2D eigenvalue weighted by atomic mass is 10.1. The molecular formula is C38H22N6. The second kappa shape index (κ2) is 8.69. The fraction of sp³-hybridized carbons (Fsp3) is 0. The summed E-state index contributed by atoms with van der Waals surface area (Å²) in [6.07, 6.45) is 1.83. The molecule has 10 aromatic rings. The number of hydrogen-bond acceptors (Lipinski definition) is 4. The van der Waals surface area contributed by atoms with Crippen molar-refractivity contribution in [3.8, 4) is 17.2 Å². The smallest absolute Gasteiger partial charge is 0.221 e. The van der Waals surface area contributed by atoms with Crippen LogP contribution >= 0.6 is 0 Å². The van der Waals surface area contributed by atoms with Gasteiger partial charge in [-0.3, -0.25) is 14.0 Å². The first-order chi connectivity index (χ1) is 21.8. The highest BCUT2D eigenvalue weighted by Crippen LogP contribution is 2.36. The Kier molecular flexibility index (Phi) is 4.63. The van der Waals surface area contributed by atoms with Gasteiger partial charge in [-0.15, -0.1) is 0 Å². The highest BCUT2D eigenvalue weighted by molar-refractivity contribution is 6.11. The van der Waals surface area contributed by atoms with Crippen molar-refractivity contribution in [2.75, 3.05) is 0 Å². The van der Waals surface area contributed by atoms with Crippen LogP contribution in [-0.4, -0.2) is 28.9 Å². The van der Waals surface area contributed by atoms with E-state index in [-0.39, 0.29) is 0 Å². The van der Waals surface area contributed by atoms with Crippen molar-refractivity contribution in [3.63, 3.8) is 0 Å². The molecular weight excluding hydrogens is 540 g/mol. The Labute approximate surface area is 250 Å². The predicted octanol–water partition coefficient (Wildman–Crippen LogP) is 8.90. The van der Waals surface area contributed by atoms with Crippen LogP contribution in [0.25, 0.3) is 88.4 Å². The first-order valence-corrected chi connectivity index (χ1v) is 14.7. The molecule has 6 heteroatoms. The van der Waals surface area contributed by atoms with Gasteiger partial charge in [0.15, 0.2) is 0 Å². The standard InChI is InChI=1S/C38H22N6/c1-3-11-30-28(10-1)37-41-31-12-4-6-14-33(31)44(37)38(42-30)43-32-13-5-2-9-26(32)27-19-17-25(22-34(27)43)29-20-18-24-16-15-23-8-7-21-39-35(23)36(24)40-29/h1-22H. The monoisotopic (exact) mass is 562 g/mol. The van der Waals surface area contributed by atoms with Gasteiger partial charge in [-0.25, -0.2) is 15.0 Å². The van der Waals surface area contributed by atoms with Crippen LogP contribution in [0.2, 0.25) is 0 Å². The molecule has 0 radical (unpaired) electrons. The summed E-state index contributed by atoms with van der Waals surface area (Å²) in [5.74, 6) is 0.803. The van der Waals surface area contributed by atoms with Crippen LogP contribution in [0.1, 0.15) is 0 Å². The van der Waals surface area contributed by atoms with E-state index in [1.165, 1.54) is 5.39 Å². The number of para-hydroxylation sites is 4. The summed E-state index contributed by atoms with van der Waals surface area (Å²) in [4.78, 5) is 20.2. The molecule has 5 aromatic carbocycles. The topological polar surface area (TPSA) is 60.9 Å². The third kappa shape index (κ3) is 3.19. The summed E-state index contributed by atoms with van der Waals surface area (Å²) >= 11 is 0. The first kappa shape index (κ1) is 23.4. The molecule has 0 fully saturated rings. The molecule has 0 N–H and O–H groups in total. The minimum atomic E-state index is 0.803. The number of rotatable bonds is 2. The number of benzene rings is 5. The number of pyridine rings is 2. The predicted molar refractivity (Wildman–Crippen MR) is 178 cm³/mol. The van der Waals surface area contributed by atoms with E-state index in [1.807, 2.05) is 30.5 Å². The Morgan fingerprint density at radius 1 is 0.477 bits per heavy atom. The van der Waals surface area contributed by atoms with Crippen LogP contribution in [0.5, 0.6) is 0 Å². The molecule has 44 heavy (non-hydrogen) atoms. The first-order valence-electron chi connectivity index (χ1n) is 14.7. The summed E-state index contributed by atoms with van der Waals surface area (Å²) in [5, 5.41) is 5.51. The molecule has 0 saturated heterocycles. The van der Waals surface area contributed by atoms with Gasteiger partial charge in [-0.1, -0.05) is 78.9 Å². The summed E-state index contributed by atoms with van der Waals surface area (Å²) in [7, 11) is 0. The molecule has 0 amide bonds. The quantitative estimate of drug-likeness (QED) is 0.197. The largest absolute Gasteiger partial charge is 0.279 e. The zero-order valence-corrected chi connectivity index (χ0v) is 23.4. The molecule has 0 aliphatic carbocycles. The highest BCUT2D eigenvalue weighted by atomic mass is 15.2. The van der Waals surface area contributed by atoms with Gasteiger partial charge in [0.1, 0.15) is 5.65 Å². The number of aromatic nitrogens is 6. The molecule has 204 valence electrons. The SMILES string of the molecule is c1cnc2c(c1)ccc1ccc(-c3ccc4c5ccccc5n(-c5nc6ccccc6c6nc7ccccc7n56)c4c3)nc12. The van der Waals surface area contributed by atoms with Crippen LogP contribution in [0.15, 0.2) is 134 Å². The second-order valence-corrected chi connectivity index (χ2v) is 11.2. The van der Waals surface area contributed by atoms with Gasteiger partial charge in [-0.05, 0) is 48.5 Å². The van der Waals surface area contributed by atoms with E-state index in [4.69, 9.17) is 15.0 Å². The summed E-state index contributed by atoms with van der Waals surface area (Å²) in [6, 6.07) is 44.2. The molecule has 0 saturated carbocycles. The van der Waals surface area contributed by atoms with E-state index in [1.54, 1.807) is 0 Å². The van der Waals surface area contributed by atoms with Gasteiger partial charge in [-0.2, -0.15) is 0 Å². The van der Waals surface area contributed by atoms with Gasteiger partial charge in [0.25, 0.3) is 0 Å². The number of imidazole rings is 1. The van der Waals surface area contributed by atoms with E-state index in [0.29, 0.717) is 0 Å². The fourth-order valence-electron chi connectivity index (χ4n) is 6.71. The lowest BCUT2D eigenvalue weighted by molar-refractivity contribution is 0.979. The van der Waals surface area contributed by atoms with Crippen LogP contribution in [-0.2, 0) is 0 Å². The zero-order chi connectivity index (χ0) is 28.8. The molecule has 0 atom stereocenters. The Hall–Kier alpha value is -6.14. The van der Waals surface area contributed by atoms with Crippen LogP contribution in [0.3, 0.4) is 0 Å². The van der Waals surface area contributed by atoms with Crippen molar-refractivity contribution in [1.82, 2.24) is 28.9 Å². The Morgan fingerprint density at radius 3 is 2.11 bits per heavy atom. The van der Waals surface area contributed by atoms with E-state index in [0.717, 1.165) is 83.0 Å². The van der Waals surface area contributed by atoms with Gasteiger partial charge < -0.3 is 0 Å². The average molecular weight is 563 g/mol. The van der Waals surface area contributed by atoms with Gasteiger partial charge >= 0.3 is 0 Å². The molecule has 5 aromatic heterocycles. The Morgan fingerprint density at radius 2 is 1.20 bits per heavy atom. The minimum Gasteiger partial charge on any atom is -0.279 e. The van der Waals surface area contributed by atoms with Crippen LogP contribution in [0.4, 0.5) is 0 Å². The lowest BCUT2D eigenvalue weighted by Gasteiger charge is -2.13. The molecule has 0 bridgehead atoms. The van der Waals surface area contributed by atoms with Crippen molar-refractivity contribution < 1.29 is 0 Å². The zero-order valence-electron chi connectivity index (χ0n) is 23.4. The molecule has 0 aliphatic heterocycles. The van der Waals surface area contributed by atoms with Crippen molar-refractivity contribution >= 4 is 71.2 Å². The van der Waals surface area contributed by atoms with Crippen molar-refractivity contribution in [2.24, 2.45) is 0 Å². The maximum absolute atomic E-state index is 5.31. The van der Waals surface area contributed by atoms with Gasteiger partial charge in [0.05, 0.1) is 44.3 Å². The fourth-order valence-corrected chi connectivity index (χ4v) is 6.71.